The lowest BCUT2D eigenvalue weighted by Crippen LogP contribution is -2.13. The Morgan fingerprint density at radius 1 is 1.32 bits per heavy atom. The molecule has 0 aromatic heterocycles. The molecule has 0 saturated carbocycles. The summed E-state index contributed by atoms with van der Waals surface area (Å²) in [6, 6.07) is 10.0. The molecule has 2 rings (SSSR count). The molecule has 0 saturated heterocycles. The number of hydrogen-bond acceptors (Lipinski definition) is 4. The minimum atomic E-state index is -0.313. The van der Waals surface area contributed by atoms with Crippen molar-refractivity contribution in [2.75, 3.05) is 24.8 Å². The van der Waals surface area contributed by atoms with Crippen molar-refractivity contribution in [1.29, 1.82) is 0 Å². The average Bonchev–Trinajstić information content (AvgIpc) is 2.50. The fourth-order valence-electron chi connectivity index (χ4n) is 1.96. The van der Waals surface area contributed by atoms with Crippen molar-refractivity contribution in [1.82, 2.24) is 0 Å². The highest BCUT2D eigenvalue weighted by atomic mass is 35.5. The molecule has 2 aromatic rings. The van der Waals surface area contributed by atoms with Gasteiger partial charge >= 0.3 is 0 Å². The fraction of sp³-hybridized carbons (Fsp3) is 0.188. The number of benzene rings is 2. The van der Waals surface area contributed by atoms with Gasteiger partial charge in [0.25, 0.3) is 5.91 Å². The van der Waals surface area contributed by atoms with Crippen LogP contribution in [-0.2, 0) is 0 Å². The van der Waals surface area contributed by atoms with Gasteiger partial charge < -0.3 is 20.5 Å². The SMILES string of the molecule is CCOc1cccc(C(=O)Nc2c(Cl)cc(N)cc2OC)c1. The highest BCUT2D eigenvalue weighted by Gasteiger charge is 2.14. The van der Waals surface area contributed by atoms with Crippen LogP contribution in [0.1, 0.15) is 17.3 Å². The normalized spacial score (nSPS) is 10.1. The zero-order valence-corrected chi connectivity index (χ0v) is 13.1. The van der Waals surface area contributed by atoms with Gasteiger partial charge in [-0.05, 0) is 31.2 Å². The number of anilines is 2. The molecule has 0 radical (unpaired) electrons. The highest BCUT2D eigenvalue weighted by Crippen LogP contribution is 2.35. The lowest BCUT2D eigenvalue weighted by molar-refractivity contribution is 0.102. The molecule has 0 fully saturated rings. The number of nitrogens with two attached hydrogens (primary N) is 1. The van der Waals surface area contributed by atoms with Gasteiger partial charge in [0.05, 0.1) is 18.7 Å². The number of hydrogen-bond donors (Lipinski definition) is 2. The summed E-state index contributed by atoms with van der Waals surface area (Å²) in [6.07, 6.45) is 0. The summed E-state index contributed by atoms with van der Waals surface area (Å²) in [5.74, 6) is 0.719. The van der Waals surface area contributed by atoms with Crippen LogP contribution in [-0.4, -0.2) is 19.6 Å². The molecule has 0 aliphatic rings. The third kappa shape index (κ3) is 3.62. The average molecular weight is 321 g/mol. The van der Waals surface area contributed by atoms with E-state index in [0.29, 0.717) is 40.1 Å². The maximum absolute atomic E-state index is 12.4. The molecule has 0 heterocycles. The van der Waals surface area contributed by atoms with E-state index in [1.807, 2.05) is 6.92 Å². The van der Waals surface area contributed by atoms with E-state index < -0.39 is 0 Å². The first-order valence-electron chi connectivity index (χ1n) is 6.72. The molecular formula is C16H17ClN2O3. The Balaban J connectivity index is 2.27. The summed E-state index contributed by atoms with van der Waals surface area (Å²) in [5.41, 5.74) is 7.00. The van der Waals surface area contributed by atoms with E-state index in [4.69, 9.17) is 26.8 Å². The second-order valence-electron chi connectivity index (χ2n) is 4.49. The van der Waals surface area contributed by atoms with Gasteiger partial charge in [-0.15, -0.1) is 0 Å². The van der Waals surface area contributed by atoms with Crippen LogP contribution in [0.3, 0.4) is 0 Å². The summed E-state index contributed by atoms with van der Waals surface area (Å²) in [6.45, 7) is 2.41. The molecular weight excluding hydrogens is 304 g/mol. The number of nitrogens with one attached hydrogen (secondary N) is 1. The predicted octanol–water partition coefficient (Wildman–Crippen LogP) is 3.58. The van der Waals surface area contributed by atoms with Crippen LogP contribution in [0, 0.1) is 0 Å². The summed E-state index contributed by atoms with van der Waals surface area (Å²) >= 11 is 6.13. The number of halogens is 1. The fourth-order valence-corrected chi connectivity index (χ4v) is 2.23. The maximum Gasteiger partial charge on any atom is 0.255 e. The Morgan fingerprint density at radius 2 is 2.09 bits per heavy atom. The molecule has 0 spiro atoms. The van der Waals surface area contributed by atoms with E-state index in [0.717, 1.165) is 0 Å². The van der Waals surface area contributed by atoms with Gasteiger partial charge in [0.2, 0.25) is 0 Å². The van der Waals surface area contributed by atoms with Gasteiger partial charge in [-0.1, -0.05) is 17.7 Å². The molecule has 116 valence electrons. The minimum absolute atomic E-state index is 0.311. The first-order valence-corrected chi connectivity index (χ1v) is 7.10. The van der Waals surface area contributed by atoms with Gasteiger partial charge in [-0.3, -0.25) is 4.79 Å². The summed E-state index contributed by atoms with van der Waals surface area (Å²) in [5, 5.41) is 3.05. The summed E-state index contributed by atoms with van der Waals surface area (Å²) in [7, 11) is 1.48. The number of rotatable bonds is 5. The molecule has 0 bridgehead atoms. The number of methoxy groups -OCH3 is 1. The van der Waals surface area contributed by atoms with Crippen LogP contribution in [0.15, 0.2) is 36.4 Å². The van der Waals surface area contributed by atoms with Crippen LogP contribution in [0.2, 0.25) is 5.02 Å². The molecule has 5 nitrogen and oxygen atoms in total. The zero-order chi connectivity index (χ0) is 16.1. The molecule has 0 aliphatic carbocycles. The van der Waals surface area contributed by atoms with Crippen LogP contribution in [0.25, 0.3) is 0 Å². The molecule has 2 aromatic carbocycles. The lowest BCUT2D eigenvalue weighted by atomic mass is 10.2. The van der Waals surface area contributed by atoms with E-state index in [1.54, 1.807) is 36.4 Å². The first-order chi connectivity index (χ1) is 10.5. The number of carbonyl (C=O) groups excluding carboxylic acids is 1. The van der Waals surface area contributed by atoms with Crippen molar-refractivity contribution < 1.29 is 14.3 Å². The second kappa shape index (κ2) is 7.04. The van der Waals surface area contributed by atoms with E-state index in [-0.39, 0.29) is 5.91 Å². The Hall–Kier alpha value is -2.40. The van der Waals surface area contributed by atoms with Gasteiger partial charge in [0.1, 0.15) is 17.2 Å². The number of nitrogen functional groups attached to an aromatic ring is 1. The lowest BCUT2D eigenvalue weighted by Gasteiger charge is -2.13. The molecule has 22 heavy (non-hydrogen) atoms. The topological polar surface area (TPSA) is 73.6 Å². The van der Waals surface area contributed by atoms with Crippen molar-refractivity contribution in [3.05, 3.63) is 47.0 Å². The van der Waals surface area contributed by atoms with Crippen LogP contribution in [0.5, 0.6) is 11.5 Å². The molecule has 0 aliphatic heterocycles. The zero-order valence-electron chi connectivity index (χ0n) is 12.4. The van der Waals surface area contributed by atoms with Gasteiger partial charge in [0.15, 0.2) is 0 Å². The van der Waals surface area contributed by atoms with Crippen LogP contribution < -0.4 is 20.5 Å². The van der Waals surface area contributed by atoms with Crippen molar-refractivity contribution in [3.8, 4) is 11.5 Å². The Kier molecular flexibility index (Phi) is 5.12. The number of amides is 1. The number of carbonyl (C=O) groups is 1. The minimum Gasteiger partial charge on any atom is -0.494 e. The van der Waals surface area contributed by atoms with E-state index in [9.17, 15) is 4.79 Å². The highest BCUT2D eigenvalue weighted by molar-refractivity contribution is 6.34. The van der Waals surface area contributed by atoms with E-state index in [1.165, 1.54) is 7.11 Å². The van der Waals surface area contributed by atoms with Gasteiger partial charge in [-0.2, -0.15) is 0 Å². The van der Waals surface area contributed by atoms with Crippen molar-refractivity contribution in [2.24, 2.45) is 0 Å². The van der Waals surface area contributed by atoms with E-state index >= 15 is 0 Å². The van der Waals surface area contributed by atoms with Gasteiger partial charge in [-0.25, -0.2) is 0 Å². The molecule has 1 amide bonds. The van der Waals surface area contributed by atoms with Crippen molar-refractivity contribution in [3.63, 3.8) is 0 Å². The molecule has 6 heteroatoms. The predicted molar refractivity (Wildman–Crippen MR) is 88.0 cm³/mol. The van der Waals surface area contributed by atoms with Crippen molar-refractivity contribution >= 4 is 28.9 Å². The third-order valence-electron chi connectivity index (χ3n) is 2.94. The second-order valence-corrected chi connectivity index (χ2v) is 4.90. The molecule has 0 unspecified atom stereocenters. The Bertz CT molecular complexity index is 689. The number of ether oxygens (including phenoxy) is 2. The largest absolute Gasteiger partial charge is 0.494 e. The van der Waals surface area contributed by atoms with E-state index in [2.05, 4.69) is 5.32 Å². The first kappa shape index (κ1) is 16.0. The van der Waals surface area contributed by atoms with Gasteiger partial charge in [0, 0.05) is 17.3 Å². The summed E-state index contributed by atoms with van der Waals surface area (Å²) < 4.78 is 10.6. The molecule has 3 N–H and O–H groups in total. The summed E-state index contributed by atoms with van der Waals surface area (Å²) in [4.78, 5) is 12.4. The quantitative estimate of drug-likeness (QED) is 0.826. The van der Waals surface area contributed by atoms with Crippen molar-refractivity contribution in [2.45, 2.75) is 6.92 Å². The monoisotopic (exact) mass is 320 g/mol. The smallest absolute Gasteiger partial charge is 0.255 e. The Labute approximate surface area is 134 Å². The molecule has 0 atom stereocenters. The van der Waals surface area contributed by atoms with Crippen LogP contribution >= 0.6 is 11.6 Å². The standard InChI is InChI=1S/C16H17ClN2O3/c1-3-22-12-6-4-5-10(7-12)16(20)19-15-13(17)8-11(18)9-14(15)21-2/h4-9H,3,18H2,1-2H3,(H,19,20). The maximum atomic E-state index is 12.4. The van der Waals surface area contributed by atoms with Crippen LogP contribution in [0.4, 0.5) is 11.4 Å². The Morgan fingerprint density at radius 3 is 2.77 bits per heavy atom. The third-order valence-corrected chi connectivity index (χ3v) is 3.24.